The molecule has 1 aromatic carbocycles. The first kappa shape index (κ1) is 15.9. The topological polar surface area (TPSA) is 52.7 Å². The fourth-order valence-corrected chi connectivity index (χ4v) is 3.39. The predicted molar refractivity (Wildman–Crippen MR) is 84.3 cm³/mol. The molecule has 2 atom stereocenters. The number of fused-ring (bicyclic) bond motifs is 1. The minimum absolute atomic E-state index is 0.0607. The Morgan fingerprint density at radius 3 is 2.96 bits per heavy atom. The van der Waals surface area contributed by atoms with Crippen molar-refractivity contribution < 1.29 is 14.0 Å². The predicted octanol–water partition coefficient (Wildman–Crippen LogP) is 0.789. The van der Waals surface area contributed by atoms with Crippen molar-refractivity contribution in [3.05, 3.63) is 35.6 Å². The van der Waals surface area contributed by atoms with Gasteiger partial charge in [0.25, 0.3) is 0 Å². The Kier molecular flexibility index (Phi) is 4.61. The number of halogens is 1. The molecule has 0 radical (unpaired) electrons. The van der Waals surface area contributed by atoms with Crippen molar-refractivity contribution in [2.75, 3.05) is 26.2 Å². The lowest BCUT2D eigenvalue weighted by Gasteiger charge is -2.45. The van der Waals surface area contributed by atoms with Crippen molar-refractivity contribution in [1.29, 1.82) is 0 Å². The molecule has 2 aliphatic rings. The number of nitrogens with zero attached hydrogens (tertiary/aromatic N) is 2. The molecule has 2 amide bonds. The number of hydrogen-bond acceptors (Lipinski definition) is 3. The first-order chi connectivity index (χ1) is 11.0. The van der Waals surface area contributed by atoms with E-state index in [0.29, 0.717) is 19.1 Å². The number of amides is 2. The van der Waals surface area contributed by atoms with Crippen LogP contribution >= 0.6 is 0 Å². The van der Waals surface area contributed by atoms with E-state index in [1.54, 1.807) is 17.0 Å². The van der Waals surface area contributed by atoms with E-state index >= 15 is 0 Å². The molecule has 23 heavy (non-hydrogen) atoms. The smallest absolute Gasteiger partial charge is 0.312 e. The first-order valence-electron chi connectivity index (χ1n) is 8.12. The molecule has 5 nitrogen and oxygen atoms in total. The highest BCUT2D eigenvalue weighted by atomic mass is 19.1. The van der Waals surface area contributed by atoms with Gasteiger partial charge in [-0.15, -0.1) is 0 Å². The van der Waals surface area contributed by atoms with Crippen LogP contribution in [0.1, 0.15) is 18.9 Å². The van der Waals surface area contributed by atoms with Crippen LogP contribution in [-0.4, -0.2) is 59.9 Å². The molecule has 124 valence electrons. The summed E-state index contributed by atoms with van der Waals surface area (Å²) in [5.41, 5.74) is 1.01. The summed E-state index contributed by atoms with van der Waals surface area (Å²) >= 11 is 0. The molecule has 3 rings (SSSR count). The highest BCUT2D eigenvalue weighted by molar-refractivity contribution is 6.35. The normalized spacial score (nSPS) is 23.4. The zero-order chi connectivity index (χ0) is 16.4. The molecule has 6 heteroatoms. The Balaban J connectivity index is 1.54. The molecular weight excluding hydrogens is 297 g/mol. The standard InChI is InChI=1S/C17H22FN3O2/c1-12(5-6-13-3-2-4-14(18)9-13)20-7-8-21-15(11-20)10-19-16(22)17(21)23/h2-4,9,12,15H,5-8,10-11H2,1H3,(H,19,22)/t12-,15-/m0/s1. The number of carbonyl (C=O) groups excluding carboxylic acids is 2. The summed E-state index contributed by atoms with van der Waals surface area (Å²) in [5.74, 6) is -1.10. The largest absolute Gasteiger partial charge is 0.346 e. The summed E-state index contributed by atoms with van der Waals surface area (Å²) in [6.45, 7) is 4.84. The van der Waals surface area contributed by atoms with Crippen LogP contribution in [0.2, 0.25) is 0 Å². The van der Waals surface area contributed by atoms with E-state index in [0.717, 1.165) is 31.5 Å². The maximum atomic E-state index is 13.2. The summed E-state index contributed by atoms with van der Waals surface area (Å²) in [6, 6.07) is 7.15. The lowest BCUT2D eigenvalue weighted by molar-refractivity contribution is -0.153. The average Bonchev–Trinajstić information content (AvgIpc) is 2.56. The van der Waals surface area contributed by atoms with Crippen molar-refractivity contribution in [3.8, 4) is 0 Å². The molecule has 0 aromatic heterocycles. The third-order valence-electron chi connectivity index (χ3n) is 4.83. The second kappa shape index (κ2) is 6.66. The Hall–Kier alpha value is -1.95. The van der Waals surface area contributed by atoms with Crippen LogP contribution in [0.3, 0.4) is 0 Å². The second-order valence-electron chi connectivity index (χ2n) is 6.37. The van der Waals surface area contributed by atoms with Gasteiger partial charge in [0.1, 0.15) is 5.82 Å². The van der Waals surface area contributed by atoms with E-state index < -0.39 is 11.8 Å². The number of benzene rings is 1. The Bertz CT molecular complexity index is 607. The van der Waals surface area contributed by atoms with E-state index in [-0.39, 0.29) is 11.9 Å². The van der Waals surface area contributed by atoms with Crippen LogP contribution in [0.5, 0.6) is 0 Å². The molecule has 1 aromatic rings. The molecule has 2 fully saturated rings. The highest BCUT2D eigenvalue weighted by Gasteiger charge is 2.38. The Morgan fingerprint density at radius 2 is 2.17 bits per heavy atom. The van der Waals surface area contributed by atoms with Crippen LogP contribution in [-0.2, 0) is 16.0 Å². The van der Waals surface area contributed by atoms with E-state index in [1.807, 2.05) is 6.07 Å². The molecular formula is C17H22FN3O2. The summed E-state index contributed by atoms with van der Waals surface area (Å²) in [6.07, 6.45) is 1.77. The van der Waals surface area contributed by atoms with Crippen LogP contribution < -0.4 is 5.32 Å². The molecule has 2 saturated heterocycles. The van der Waals surface area contributed by atoms with E-state index in [9.17, 15) is 14.0 Å². The van der Waals surface area contributed by atoms with Crippen LogP contribution in [0.15, 0.2) is 24.3 Å². The van der Waals surface area contributed by atoms with E-state index in [1.165, 1.54) is 6.07 Å². The molecule has 0 unspecified atom stereocenters. The fourth-order valence-electron chi connectivity index (χ4n) is 3.39. The molecule has 0 aliphatic carbocycles. The van der Waals surface area contributed by atoms with Crippen molar-refractivity contribution in [3.63, 3.8) is 0 Å². The van der Waals surface area contributed by atoms with Crippen molar-refractivity contribution in [2.45, 2.75) is 31.8 Å². The Labute approximate surface area is 135 Å². The van der Waals surface area contributed by atoms with Gasteiger partial charge in [-0.25, -0.2) is 4.39 Å². The lowest BCUT2D eigenvalue weighted by atomic mass is 10.0. The SMILES string of the molecule is C[C@@H](CCc1cccc(F)c1)N1CCN2C(=O)C(=O)NC[C@H]2C1. The van der Waals surface area contributed by atoms with Gasteiger partial charge in [-0.2, -0.15) is 0 Å². The first-order valence-corrected chi connectivity index (χ1v) is 8.12. The van der Waals surface area contributed by atoms with Gasteiger partial charge < -0.3 is 10.2 Å². The molecule has 1 N–H and O–H groups in total. The Morgan fingerprint density at radius 1 is 1.35 bits per heavy atom. The highest BCUT2D eigenvalue weighted by Crippen LogP contribution is 2.18. The van der Waals surface area contributed by atoms with Gasteiger partial charge in [-0.05, 0) is 37.5 Å². The van der Waals surface area contributed by atoms with Crippen molar-refractivity contribution in [2.24, 2.45) is 0 Å². The summed E-state index contributed by atoms with van der Waals surface area (Å²) in [5, 5.41) is 2.66. The quantitative estimate of drug-likeness (QED) is 0.835. The maximum Gasteiger partial charge on any atom is 0.312 e. The minimum Gasteiger partial charge on any atom is -0.346 e. The van der Waals surface area contributed by atoms with Gasteiger partial charge in [0.05, 0.1) is 6.04 Å². The zero-order valence-corrected chi connectivity index (χ0v) is 13.3. The number of carbonyl (C=O) groups is 2. The van der Waals surface area contributed by atoms with Crippen LogP contribution in [0.4, 0.5) is 4.39 Å². The monoisotopic (exact) mass is 319 g/mol. The van der Waals surface area contributed by atoms with Gasteiger partial charge in [-0.1, -0.05) is 12.1 Å². The van der Waals surface area contributed by atoms with Gasteiger partial charge in [0.15, 0.2) is 0 Å². The third kappa shape index (κ3) is 3.52. The minimum atomic E-state index is -0.492. The lowest BCUT2D eigenvalue weighted by Crippen LogP contribution is -2.66. The fraction of sp³-hybridized carbons (Fsp3) is 0.529. The van der Waals surface area contributed by atoms with Gasteiger partial charge in [0.2, 0.25) is 0 Å². The summed E-state index contributed by atoms with van der Waals surface area (Å²) in [7, 11) is 0. The number of rotatable bonds is 4. The molecule has 0 saturated carbocycles. The van der Waals surface area contributed by atoms with E-state index in [4.69, 9.17) is 0 Å². The number of aryl methyl sites for hydroxylation is 1. The van der Waals surface area contributed by atoms with E-state index in [2.05, 4.69) is 17.1 Å². The van der Waals surface area contributed by atoms with Crippen LogP contribution in [0.25, 0.3) is 0 Å². The van der Waals surface area contributed by atoms with Crippen molar-refractivity contribution >= 4 is 11.8 Å². The average molecular weight is 319 g/mol. The summed E-state index contributed by atoms with van der Waals surface area (Å²) in [4.78, 5) is 27.3. The molecule has 0 spiro atoms. The zero-order valence-electron chi connectivity index (χ0n) is 13.3. The van der Waals surface area contributed by atoms with Gasteiger partial charge in [0, 0.05) is 32.2 Å². The molecule has 2 aliphatic heterocycles. The summed E-state index contributed by atoms with van der Waals surface area (Å²) < 4.78 is 13.2. The number of hydrogen-bond donors (Lipinski definition) is 1. The van der Waals surface area contributed by atoms with Crippen molar-refractivity contribution in [1.82, 2.24) is 15.1 Å². The number of piperazine rings is 2. The van der Waals surface area contributed by atoms with Gasteiger partial charge in [-0.3, -0.25) is 14.5 Å². The third-order valence-corrected chi connectivity index (χ3v) is 4.83. The maximum absolute atomic E-state index is 13.2. The molecule has 0 bridgehead atoms. The second-order valence-corrected chi connectivity index (χ2v) is 6.37. The number of nitrogens with one attached hydrogen (secondary N) is 1. The van der Waals surface area contributed by atoms with Gasteiger partial charge >= 0.3 is 11.8 Å². The molecule has 2 heterocycles. The van der Waals surface area contributed by atoms with Crippen LogP contribution in [0, 0.1) is 5.82 Å².